The minimum atomic E-state index is -0.829. The summed E-state index contributed by atoms with van der Waals surface area (Å²) in [5.41, 5.74) is 20.7. The average Bonchev–Trinajstić information content (AvgIpc) is 1.74. The molecule has 0 radical (unpaired) electrons. The maximum absolute atomic E-state index is 7.04. The number of hydrogen-bond donors (Lipinski definition) is 0. The van der Waals surface area contributed by atoms with Crippen LogP contribution in [0, 0.1) is 0 Å². The normalized spacial score (nSPS) is 15.6. The highest BCUT2D eigenvalue weighted by atomic mass is 16.5. The number of anilines is 6. The lowest BCUT2D eigenvalue weighted by molar-refractivity contribution is 0.269. The second-order valence-electron chi connectivity index (χ2n) is 23.0. The largest absolute Gasteiger partial charge is 0.483 e. The summed E-state index contributed by atoms with van der Waals surface area (Å²) >= 11 is 0. The van der Waals surface area contributed by atoms with Crippen LogP contribution in [0.5, 0.6) is 5.75 Å². The van der Waals surface area contributed by atoms with Gasteiger partial charge in [-0.25, -0.2) is 0 Å². The molecule has 402 valence electrons. The zero-order valence-electron chi connectivity index (χ0n) is 47.8. The maximum Gasteiger partial charge on any atom is 0.159 e. The second-order valence-corrected chi connectivity index (χ2v) is 23.0. The number of furan rings is 1. The number of benzene rings is 11. The maximum atomic E-state index is 7.04. The SMILES string of the molecule is CC.CC(C)c1ccc(N(c2ccc3c(c2)C2(c4cc(N(c5ccc(C(C)C)cc5)c5cccc6c5oc5ccccc56)ccc4C=C3)c3ccc4ccccc4c3-c3c2ccc2ccccc32)c2cccc3c2OC2C=CC=CC32)cc1. The van der Waals surface area contributed by atoms with Crippen molar-refractivity contribution in [2.24, 2.45) is 0 Å². The molecule has 4 nitrogen and oxygen atoms in total. The van der Waals surface area contributed by atoms with Gasteiger partial charge in [0.15, 0.2) is 5.58 Å². The average molecular weight is 1070 g/mol. The highest BCUT2D eigenvalue weighted by Gasteiger charge is 2.50. The summed E-state index contributed by atoms with van der Waals surface area (Å²) in [6, 6.07) is 81.9. The zero-order chi connectivity index (χ0) is 56.1. The Morgan fingerprint density at radius 1 is 0.422 bits per heavy atom. The summed E-state index contributed by atoms with van der Waals surface area (Å²) < 4.78 is 14.0. The summed E-state index contributed by atoms with van der Waals surface area (Å²) in [5.74, 6) is 1.84. The number of fused-ring (bicyclic) bond motifs is 19. The standard InChI is InChI=1S/C77H58N2O2.C2H6/c1-47(2)49-29-37-55(38-30-49)78(69-23-13-21-63-61-19-9-11-25-71(61)80-75(63)69)57-41-33-53-27-28-54-34-42-58(79(56-39-31-50(32-40-56)48(3)4)70-24-14-22-64-62-20-10-12-26-72(62)81-76(64)70)46-68(54)77(67(53)45-57)65-43-35-51-15-5-7-17-59(51)73(65)74-60-18-8-6-16-52(60)36-44-66(74)77;1-2/h5-48,61,71H,1-4H3;1-2H3. The fourth-order valence-electron chi connectivity index (χ4n) is 14.1. The van der Waals surface area contributed by atoms with Gasteiger partial charge < -0.3 is 19.0 Å². The molecule has 0 amide bonds. The summed E-state index contributed by atoms with van der Waals surface area (Å²) in [6.45, 7) is 13.1. The molecule has 4 heteroatoms. The van der Waals surface area contributed by atoms with Gasteiger partial charge in [0.1, 0.15) is 17.4 Å². The minimum Gasteiger partial charge on any atom is -0.483 e. The van der Waals surface area contributed by atoms with E-state index in [2.05, 4.69) is 292 Å². The Balaban J connectivity index is 0.00000291. The summed E-state index contributed by atoms with van der Waals surface area (Å²) in [5, 5.41) is 7.12. The Hall–Kier alpha value is -9.64. The molecule has 1 aromatic heterocycles. The van der Waals surface area contributed by atoms with E-state index in [0.29, 0.717) is 11.8 Å². The van der Waals surface area contributed by atoms with Crippen molar-refractivity contribution in [3.05, 3.63) is 293 Å². The van der Waals surface area contributed by atoms with E-state index in [1.807, 2.05) is 13.8 Å². The molecular formula is C79H64N2O2. The van der Waals surface area contributed by atoms with Gasteiger partial charge in [-0.1, -0.05) is 224 Å². The third-order valence-electron chi connectivity index (χ3n) is 18.0. The van der Waals surface area contributed by atoms with E-state index in [-0.39, 0.29) is 12.0 Å². The van der Waals surface area contributed by atoms with Crippen LogP contribution in [0.25, 0.3) is 66.8 Å². The molecule has 1 aliphatic heterocycles. The predicted octanol–water partition coefficient (Wildman–Crippen LogP) is 21.9. The van der Waals surface area contributed by atoms with Gasteiger partial charge in [0.05, 0.1) is 16.8 Å². The predicted molar refractivity (Wildman–Crippen MR) is 349 cm³/mol. The molecular weight excluding hydrogens is 1010 g/mol. The molecule has 2 unspecified atom stereocenters. The first kappa shape index (κ1) is 50.3. The molecule has 0 saturated heterocycles. The van der Waals surface area contributed by atoms with E-state index in [1.165, 1.54) is 71.6 Å². The first-order valence-electron chi connectivity index (χ1n) is 29.7. The topological polar surface area (TPSA) is 28.9 Å². The molecule has 11 aromatic carbocycles. The summed E-state index contributed by atoms with van der Waals surface area (Å²) in [6.07, 6.45) is 13.4. The molecule has 0 N–H and O–H groups in total. The number of hydrogen-bond acceptors (Lipinski definition) is 4. The highest BCUT2D eigenvalue weighted by Crippen LogP contribution is 2.63. The van der Waals surface area contributed by atoms with Gasteiger partial charge in [-0.15, -0.1) is 0 Å². The van der Waals surface area contributed by atoms with Crippen LogP contribution >= 0.6 is 0 Å². The van der Waals surface area contributed by atoms with Crippen LogP contribution in [0.4, 0.5) is 34.1 Å². The van der Waals surface area contributed by atoms with Gasteiger partial charge in [-0.2, -0.15) is 0 Å². The molecule has 83 heavy (non-hydrogen) atoms. The minimum absolute atomic E-state index is 0.0647. The van der Waals surface area contributed by atoms with E-state index in [1.54, 1.807) is 0 Å². The van der Waals surface area contributed by atoms with Crippen LogP contribution in [0.3, 0.4) is 0 Å². The number of nitrogens with zero attached hydrogens (tertiary/aromatic N) is 2. The molecule has 12 aromatic rings. The van der Waals surface area contributed by atoms with Crippen molar-refractivity contribution < 1.29 is 9.15 Å². The van der Waals surface area contributed by atoms with Gasteiger partial charge in [-0.05, 0) is 162 Å². The quantitative estimate of drug-likeness (QED) is 0.152. The molecule has 2 atom stereocenters. The Morgan fingerprint density at radius 3 is 1.51 bits per heavy atom. The van der Waals surface area contributed by atoms with Crippen LogP contribution < -0.4 is 14.5 Å². The number of allylic oxidation sites excluding steroid dienone is 2. The van der Waals surface area contributed by atoms with Crippen LogP contribution in [-0.2, 0) is 5.41 Å². The highest BCUT2D eigenvalue weighted by molar-refractivity contribution is 6.14. The van der Waals surface area contributed by atoms with Crippen LogP contribution in [0.15, 0.2) is 247 Å². The molecule has 0 bridgehead atoms. The number of rotatable bonds is 8. The first-order chi connectivity index (χ1) is 40.8. The fourth-order valence-corrected chi connectivity index (χ4v) is 14.1. The monoisotopic (exact) mass is 1070 g/mol. The molecule has 2 heterocycles. The fraction of sp³-hybridized carbons (Fsp3) is 0.139. The molecule has 3 aliphatic carbocycles. The van der Waals surface area contributed by atoms with Crippen molar-refractivity contribution in [3.8, 4) is 16.9 Å². The lowest BCUT2D eigenvalue weighted by Gasteiger charge is -2.37. The van der Waals surface area contributed by atoms with E-state index >= 15 is 0 Å². The Labute approximate surface area is 486 Å². The molecule has 4 aliphatic rings. The van der Waals surface area contributed by atoms with Crippen molar-refractivity contribution in [2.75, 3.05) is 9.80 Å². The van der Waals surface area contributed by atoms with Crippen LogP contribution in [-0.4, -0.2) is 6.10 Å². The first-order valence-corrected chi connectivity index (χ1v) is 29.7. The molecule has 0 fully saturated rings. The van der Waals surface area contributed by atoms with E-state index in [0.717, 1.165) is 72.9 Å². The van der Waals surface area contributed by atoms with Crippen molar-refractivity contribution in [2.45, 2.75) is 70.8 Å². The van der Waals surface area contributed by atoms with Gasteiger partial charge in [0, 0.05) is 45.0 Å². The molecule has 1 spiro atoms. The number of para-hydroxylation sites is 3. The Kier molecular flexibility index (Phi) is 12.0. The van der Waals surface area contributed by atoms with E-state index in [4.69, 9.17) is 9.15 Å². The Morgan fingerprint density at radius 2 is 0.916 bits per heavy atom. The summed E-state index contributed by atoms with van der Waals surface area (Å²) in [4.78, 5) is 4.87. The van der Waals surface area contributed by atoms with E-state index in [9.17, 15) is 0 Å². The smallest absolute Gasteiger partial charge is 0.159 e. The van der Waals surface area contributed by atoms with Gasteiger partial charge in [0.2, 0.25) is 0 Å². The second kappa shape index (κ2) is 19.8. The van der Waals surface area contributed by atoms with Crippen LogP contribution in [0.2, 0.25) is 0 Å². The van der Waals surface area contributed by atoms with E-state index < -0.39 is 5.41 Å². The van der Waals surface area contributed by atoms with Gasteiger partial charge in [0.25, 0.3) is 0 Å². The van der Waals surface area contributed by atoms with Gasteiger partial charge >= 0.3 is 0 Å². The lowest BCUT2D eigenvalue weighted by Crippen LogP contribution is -2.30. The number of ether oxygens (including phenoxy) is 1. The van der Waals surface area contributed by atoms with Crippen molar-refractivity contribution in [1.82, 2.24) is 0 Å². The van der Waals surface area contributed by atoms with Gasteiger partial charge in [-0.3, -0.25) is 0 Å². The summed E-state index contributed by atoms with van der Waals surface area (Å²) in [7, 11) is 0. The third kappa shape index (κ3) is 7.72. The molecule has 16 rings (SSSR count). The molecule has 0 saturated carbocycles. The van der Waals surface area contributed by atoms with Crippen molar-refractivity contribution in [3.63, 3.8) is 0 Å². The van der Waals surface area contributed by atoms with Crippen LogP contribution in [0.1, 0.15) is 109 Å². The van der Waals surface area contributed by atoms with Crippen molar-refractivity contribution in [1.29, 1.82) is 0 Å². The lowest BCUT2D eigenvalue weighted by atomic mass is 9.65. The van der Waals surface area contributed by atoms with Crippen molar-refractivity contribution >= 4 is 89.8 Å². The zero-order valence-corrected chi connectivity index (χ0v) is 47.8. The third-order valence-corrected chi connectivity index (χ3v) is 18.0. The Bertz CT molecular complexity index is 4560.